The van der Waals surface area contributed by atoms with Crippen molar-refractivity contribution >= 4 is 5.91 Å². The first-order valence-electron chi connectivity index (χ1n) is 5.70. The average molecular weight is 277 g/mol. The Morgan fingerprint density at radius 3 is 2.32 bits per heavy atom. The van der Waals surface area contributed by atoms with E-state index < -0.39 is 24.3 Å². The molecule has 0 heterocycles. The lowest BCUT2D eigenvalue weighted by Crippen LogP contribution is -2.46. The second-order valence-corrected chi connectivity index (χ2v) is 4.48. The molecule has 0 saturated carbocycles. The van der Waals surface area contributed by atoms with Crippen molar-refractivity contribution in [3.05, 3.63) is 34.9 Å². The maximum absolute atomic E-state index is 12.8. The van der Waals surface area contributed by atoms with Crippen LogP contribution in [0.2, 0.25) is 0 Å². The van der Waals surface area contributed by atoms with Gasteiger partial charge < -0.3 is 5.32 Å². The summed E-state index contributed by atoms with van der Waals surface area (Å²) >= 11 is 0. The van der Waals surface area contributed by atoms with Gasteiger partial charge in [-0.05, 0) is 31.9 Å². The Balaban J connectivity index is 2.85. The van der Waals surface area contributed by atoms with Crippen LogP contribution in [0.15, 0.2) is 18.2 Å². The molecule has 0 aliphatic heterocycles. The van der Waals surface area contributed by atoms with Gasteiger partial charge in [0.15, 0.2) is 0 Å². The molecule has 0 spiro atoms. The van der Waals surface area contributed by atoms with Gasteiger partial charge in [-0.3, -0.25) is 4.79 Å². The van der Waals surface area contributed by atoms with E-state index in [0.717, 1.165) is 11.1 Å². The van der Waals surface area contributed by atoms with Crippen molar-refractivity contribution in [3.8, 4) is 0 Å². The van der Waals surface area contributed by atoms with Crippen LogP contribution in [0.5, 0.6) is 0 Å². The van der Waals surface area contributed by atoms with E-state index in [1.165, 1.54) is 6.92 Å². The lowest BCUT2D eigenvalue weighted by atomic mass is 10.00. The molecule has 6 heteroatoms. The smallest absolute Gasteiger partial charge is 0.344 e. The SMILES string of the molecule is Cc1ccc(C(C)NC(=O)C(F)(F)C(F)F)c(C)c1. The molecule has 1 atom stereocenters. The summed E-state index contributed by atoms with van der Waals surface area (Å²) in [5.74, 6) is -6.64. The Labute approximate surface area is 108 Å². The summed E-state index contributed by atoms with van der Waals surface area (Å²) in [6, 6.07) is 4.49. The lowest BCUT2D eigenvalue weighted by Gasteiger charge is -2.20. The van der Waals surface area contributed by atoms with Crippen LogP contribution in [0.25, 0.3) is 0 Å². The largest absolute Gasteiger partial charge is 0.383 e. The Morgan fingerprint density at radius 1 is 1.26 bits per heavy atom. The number of carbonyl (C=O) groups excluding carboxylic acids is 1. The van der Waals surface area contributed by atoms with Gasteiger partial charge >= 0.3 is 12.3 Å². The van der Waals surface area contributed by atoms with Crippen molar-refractivity contribution < 1.29 is 22.4 Å². The number of carbonyl (C=O) groups is 1. The number of amides is 1. The van der Waals surface area contributed by atoms with Crippen LogP contribution < -0.4 is 5.32 Å². The van der Waals surface area contributed by atoms with E-state index in [-0.39, 0.29) is 0 Å². The highest BCUT2D eigenvalue weighted by Gasteiger charge is 2.49. The standard InChI is InChI=1S/C13H15F4NO/c1-7-4-5-10(8(2)6-7)9(3)18-12(19)13(16,17)11(14)15/h4-6,9,11H,1-3H3,(H,18,19). The number of alkyl halides is 4. The zero-order valence-corrected chi connectivity index (χ0v) is 10.8. The molecule has 0 aromatic heterocycles. The van der Waals surface area contributed by atoms with Crippen molar-refractivity contribution in [3.63, 3.8) is 0 Å². The van der Waals surface area contributed by atoms with Crippen molar-refractivity contribution in [1.29, 1.82) is 0 Å². The van der Waals surface area contributed by atoms with Crippen molar-refractivity contribution in [1.82, 2.24) is 5.32 Å². The Kier molecular flexibility index (Phi) is 4.55. The minimum Gasteiger partial charge on any atom is -0.344 e. The van der Waals surface area contributed by atoms with Crippen molar-refractivity contribution in [2.45, 2.75) is 39.2 Å². The number of hydrogen-bond acceptors (Lipinski definition) is 1. The number of hydrogen-bond donors (Lipinski definition) is 1. The fraction of sp³-hybridized carbons (Fsp3) is 0.462. The zero-order valence-electron chi connectivity index (χ0n) is 10.8. The molecular formula is C13H15F4NO. The molecule has 0 radical (unpaired) electrons. The van der Waals surface area contributed by atoms with E-state index in [2.05, 4.69) is 0 Å². The number of benzene rings is 1. The third-order valence-corrected chi connectivity index (χ3v) is 2.82. The summed E-state index contributed by atoms with van der Waals surface area (Å²) in [7, 11) is 0. The number of nitrogens with one attached hydrogen (secondary N) is 1. The second-order valence-electron chi connectivity index (χ2n) is 4.48. The highest BCUT2D eigenvalue weighted by molar-refractivity contribution is 5.84. The fourth-order valence-corrected chi connectivity index (χ4v) is 1.78. The fourth-order valence-electron chi connectivity index (χ4n) is 1.78. The third kappa shape index (κ3) is 3.45. The maximum atomic E-state index is 12.8. The van der Waals surface area contributed by atoms with E-state index >= 15 is 0 Å². The number of aryl methyl sites for hydroxylation is 2. The van der Waals surface area contributed by atoms with Crippen LogP contribution in [0.3, 0.4) is 0 Å². The molecule has 1 amide bonds. The van der Waals surface area contributed by atoms with Crippen LogP contribution in [-0.2, 0) is 4.79 Å². The van der Waals surface area contributed by atoms with Crippen LogP contribution in [-0.4, -0.2) is 18.3 Å². The van der Waals surface area contributed by atoms with Crippen LogP contribution in [0, 0.1) is 13.8 Å². The van der Waals surface area contributed by atoms with Crippen LogP contribution >= 0.6 is 0 Å². The summed E-state index contributed by atoms with van der Waals surface area (Å²) in [6.45, 7) is 5.10. The van der Waals surface area contributed by atoms with Gasteiger partial charge in [0.1, 0.15) is 0 Å². The lowest BCUT2D eigenvalue weighted by molar-refractivity contribution is -0.170. The minimum atomic E-state index is -4.67. The number of halogens is 4. The Bertz CT molecular complexity index is 474. The van der Waals surface area contributed by atoms with Gasteiger partial charge in [0.2, 0.25) is 0 Å². The molecular weight excluding hydrogens is 262 g/mol. The molecule has 1 rings (SSSR count). The minimum absolute atomic E-state index is 0.615. The molecule has 0 saturated heterocycles. The summed E-state index contributed by atoms with van der Waals surface area (Å²) in [5.41, 5.74) is 2.40. The molecule has 1 unspecified atom stereocenters. The first-order valence-corrected chi connectivity index (χ1v) is 5.70. The Morgan fingerprint density at radius 2 is 1.84 bits per heavy atom. The normalized spacial score (nSPS) is 13.5. The zero-order chi connectivity index (χ0) is 14.8. The summed E-state index contributed by atoms with van der Waals surface area (Å²) in [4.78, 5) is 11.1. The molecule has 1 N–H and O–H groups in total. The highest BCUT2D eigenvalue weighted by atomic mass is 19.3. The monoisotopic (exact) mass is 277 g/mol. The van der Waals surface area contributed by atoms with E-state index in [1.54, 1.807) is 19.1 Å². The molecule has 0 fully saturated rings. The molecule has 2 nitrogen and oxygen atoms in total. The average Bonchev–Trinajstić information content (AvgIpc) is 2.28. The number of rotatable bonds is 4. The van der Waals surface area contributed by atoms with Gasteiger partial charge in [-0.1, -0.05) is 23.8 Å². The molecule has 1 aromatic carbocycles. The highest BCUT2D eigenvalue weighted by Crippen LogP contribution is 2.25. The maximum Gasteiger partial charge on any atom is 0.383 e. The van der Waals surface area contributed by atoms with E-state index in [1.807, 2.05) is 18.3 Å². The van der Waals surface area contributed by atoms with Gasteiger partial charge in [-0.15, -0.1) is 0 Å². The van der Waals surface area contributed by atoms with Crippen LogP contribution in [0.4, 0.5) is 17.6 Å². The summed E-state index contributed by atoms with van der Waals surface area (Å²) in [5, 5.41) is 1.91. The first kappa shape index (κ1) is 15.5. The topological polar surface area (TPSA) is 29.1 Å². The van der Waals surface area contributed by atoms with Crippen molar-refractivity contribution in [2.24, 2.45) is 0 Å². The Hall–Kier alpha value is -1.59. The second kappa shape index (κ2) is 5.59. The van der Waals surface area contributed by atoms with E-state index in [9.17, 15) is 22.4 Å². The van der Waals surface area contributed by atoms with Gasteiger partial charge in [0, 0.05) is 0 Å². The van der Waals surface area contributed by atoms with Gasteiger partial charge in [-0.25, -0.2) is 8.78 Å². The van der Waals surface area contributed by atoms with Gasteiger partial charge in [0.05, 0.1) is 6.04 Å². The van der Waals surface area contributed by atoms with E-state index in [4.69, 9.17) is 0 Å². The summed E-state index contributed by atoms with van der Waals surface area (Å²) in [6.07, 6.45) is -4.01. The van der Waals surface area contributed by atoms with Gasteiger partial charge in [0.25, 0.3) is 5.91 Å². The van der Waals surface area contributed by atoms with Gasteiger partial charge in [-0.2, -0.15) is 8.78 Å². The third-order valence-electron chi connectivity index (χ3n) is 2.82. The predicted octanol–water partition coefficient (Wildman–Crippen LogP) is 3.38. The molecule has 106 valence electrons. The molecule has 0 aliphatic rings. The van der Waals surface area contributed by atoms with Crippen molar-refractivity contribution in [2.75, 3.05) is 0 Å². The molecule has 0 aliphatic carbocycles. The van der Waals surface area contributed by atoms with E-state index in [0.29, 0.717) is 5.56 Å². The quantitative estimate of drug-likeness (QED) is 0.840. The summed E-state index contributed by atoms with van der Waals surface area (Å²) < 4.78 is 49.7. The molecule has 0 bridgehead atoms. The molecule has 19 heavy (non-hydrogen) atoms. The van der Waals surface area contributed by atoms with Crippen LogP contribution in [0.1, 0.15) is 29.7 Å². The first-order chi connectivity index (χ1) is 8.66. The molecule has 1 aromatic rings. The predicted molar refractivity (Wildman–Crippen MR) is 63.4 cm³/mol.